The van der Waals surface area contributed by atoms with E-state index in [0.717, 1.165) is 36.4 Å². The molecule has 0 radical (unpaired) electrons. The molecule has 25 heavy (non-hydrogen) atoms. The van der Waals surface area contributed by atoms with Crippen molar-refractivity contribution < 1.29 is 9.47 Å². The lowest BCUT2D eigenvalue weighted by atomic mass is 10.2. The van der Waals surface area contributed by atoms with E-state index in [1.54, 1.807) is 13.3 Å². The molecule has 0 aromatic heterocycles. The van der Waals surface area contributed by atoms with Gasteiger partial charge in [0.1, 0.15) is 11.5 Å². The van der Waals surface area contributed by atoms with Crippen molar-refractivity contribution in [3.05, 3.63) is 54.1 Å². The molecule has 0 saturated heterocycles. The average Bonchev–Trinajstić information content (AvgIpc) is 2.64. The minimum atomic E-state index is 0.389. The standard InChI is InChI=1S/C19H23N3O2S/c1-3-4-13-24-16-11-9-15(10-12-16)14-20-22-19(25)21-17-7-5-6-8-18(17)23-2/h5-12,14H,3-4,13H2,1-2H3,(H2,21,22,25). The summed E-state index contributed by atoms with van der Waals surface area (Å²) >= 11 is 5.23. The second-order valence-electron chi connectivity index (χ2n) is 5.30. The maximum absolute atomic E-state index is 5.63. The van der Waals surface area contributed by atoms with Crippen molar-refractivity contribution in [3.8, 4) is 11.5 Å². The topological polar surface area (TPSA) is 54.9 Å². The van der Waals surface area contributed by atoms with Crippen LogP contribution >= 0.6 is 12.2 Å². The Morgan fingerprint density at radius 3 is 2.64 bits per heavy atom. The number of thiocarbonyl (C=S) groups is 1. The fourth-order valence-corrected chi connectivity index (χ4v) is 2.21. The lowest BCUT2D eigenvalue weighted by Gasteiger charge is -2.10. The first kappa shape index (κ1) is 18.7. The van der Waals surface area contributed by atoms with Crippen molar-refractivity contribution in [2.45, 2.75) is 19.8 Å². The van der Waals surface area contributed by atoms with Crippen LogP contribution in [-0.2, 0) is 0 Å². The first-order valence-electron chi connectivity index (χ1n) is 8.19. The van der Waals surface area contributed by atoms with Crippen LogP contribution in [0.5, 0.6) is 11.5 Å². The van der Waals surface area contributed by atoms with Crippen molar-refractivity contribution in [1.82, 2.24) is 5.43 Å². The highest BCUT2D eigenvalue weighted by Gasteiger charge is 2.02. The van der Waals surface area contributed by atoms with Crippen LogP contribution in [0.3, 0.4) is 0 Å². The Kier molecular flexibility index (Phi) is 7.72. The molecule has 5 nitrogen and oxygen atoms in total. The van der Waals surface area contributed by atoms with E-state index in [0.29, 0.717) is 10.9 Å². The highest BCUT2D eigenvalue weighted by Crippen LogP contribution is 2.22. The molecule has 0 heterocycles. The molecule has 0 spiro atoms. The molecule has 2 rings (SSSR count). The minimum Gasteiger partial charge on any atom is -0.495 e. The Balaban J connectivity index is 1.82. The maximum atomic E-state index is 5.63. The summed E-state index contributed by atoms with van der Waals surface area (Å²) in [6.07, 6.45) is 3.88. The summed E-state index contributed by atoms with van der Waals surface area (Å²) in [6, 6.07) is 15.3. The second-order valence-corrected chi connectivity index (χ2v) is 5.70. The molecule has 0 saturated carbocycles. The zero-order chi connectivity index (χ0) is 17.9. The molecule has 0 atom stereocenters. The number of nitrogens with zero attached hydrogens (tertiary/aromatic N) is 1. The highest BCUT2D eigenvalue weighted by atomic mass is 32.1. The summed E-state index contributed by atoms with van der Waals surface area (Å²) in [5, 5.41) is 7.57. The van der Waals surface area contributed by atoms with Crippen molar-refractivity contribution in [2.75, 3.05) is 19.0 Å². The van der Waals surface area contributed by atoms with Gasteiger partial charge in [0.2, 0.25) is 0 Å². The predicted molar refractivity (Wildman–Crippen MR) is 107 cm³/mol. The molecular formula is C19H23N3O2S. The zero-order valence-corrected chi connectivity index (χ0v) is 15.3. The molecule has 0 unspecified atom stereocenters. The molecule has 0 aliphatic rings. The number of hydrogen-bond donors (Lipinski definition) is 2. The summed E-state index contributed by atoms with van der Waals surface area (Å²) in [5.41, 5.74) is 4.53. The fraction of sp³-hybridized carbons (Fsp3) is 0.263. The van der Waals surface area contributed by atoms with Crippen LogP contribution in [0.25, 0.3) is 0 Å². The van der Waals surface area contributed by atoms with Gasteiger partial charge < -0.3 is 14.8 Å². The lowest BCUT2D eigenvalue weighted by Crippen LogP contribution is -2.24. The van der Waals surface area contributed by atoms with Gasteiger partial charge in [-0.05, 0) is 60.6 Å². The number of para-hydroxylation sites is 2. The van der Waals surface area contributed by atoms with Crippen LogP contribution in [0, 0.1) is 0 Å². The van der Waals surface area contributed by atoms with Crippen LogP contribution < -0.4 is 20.2 Å². The first-order chi connectivity index (χ1) is 12.2. The van der Waals surface area contributed by atoms with Gasteiger partial charge in [0, 0.05) is 0 Å². The van der Waals surface area contributed by atoms with Crippen molar-refractivity contribution >= 4 is 29.2 Å². The SMILES string of the molecule is CCCCOc1ccc(C=NNC(=S)Nc2ccccc2OC)cc1. The Morgan fingerprint density at radius 1 is 1.16 bits per heavy atom. The highest BCUT2D eigenvalue weighted by molar-refractivity contribution is 7.80. The lowest BCUT2D eigenvalue weighted by molar-refractivity contribution is 0.309. The number of nitrogens with one attached hydrogen (secondary N) is 2. The molecule has 2 aromatic rings. The third-order valence-electron chi connectivity index (χ3n) is 3.38. The summed E-state index contributed by atoms with van der Waals surface area (Å²) in [5.74, 6) is 1.58. The van der Waals surface area contributed by atoms with E-state index in [9.17, 15) is 0 Å². The fourth-order valence-electron chi connectivity index (χ4n) is 2.05. The van der Waals surface area contributed by atoms with Crippen LogP contribution in [0.15, 0.2) is 53.6 Å². The van der Waals surface area contributed by atoms with E-state index in [-0.39, 0.29) is 0 Å². The van der Waals surface area contributed by atoms with E-state index in [2.05, 4.69) is 22.8 Å². The van der Waals surface area contributed by atoms with Gasteiger partial charge >= 0.3 is 0 Å². The quantitative estimate of drug-likeness (QED) is 0.321. The van der Waals surface area contributed by atoms with Gasteiger partial charge in [-0.15, -0.1) is 0 Å². The number of methoxy groups -OCH3 is 1. The Morgan fingerprint density at radius 2 is 1.92 bits per heavy atom. The van der Waals surface area contributed by atoms with Crippen molar-refractivity contribution in [3.63, 3.8) is 0 Å². The normalized spacial score (nSPS) is 10.5. The summed E-state index contributed by atoms with van der Waals surface area (Å²) in [4.78, 5) is 0. The third-order valence-corrected chi connectivity index (χ3v) is 3.57. The second kappa shape index (κ2) is 10.3. The van der Waals surface area contributed by atoms with Crippen molar-refractivity contribution in [2.24, 2.45) is 5.10 Å². The molecule has 0 aliphatic heterocycles. The van der Waals surface area contributed by atoms with Crippen LogP contribution in [0.2, 0.25) is 0 Å². The van der Waals surface area contributed by atoms with Crippen LogP contribution in [-0.4, -0.2) is 25.0 Å². The van der Waals surface area contributed by atoms with Crippen LogP contribution in [0.4, 0.5) is 5.69 Å². The summed E-state index contributed by atoms with van der Waals surface area (Å²) in [6.45, 7) is 2.89. The molecule has 6 heteroatoms. The smallest absolute Gasteiger partial charge is 0.191 e. The predicted octanol–water partition coefficient (Wildman–Crippen LogP) is 4.19. The molecule has 0 amide bonds. The van der Waals surface area contributed by atoms with E-state index >= 15 is 0 Å². The molecule has 132 valence electrons. The Bertz CT molecular complexity index is 702. The molecule has 2 N–H and O–H groups in total. The van der Waals surface area contributed by atoms with Gasteiger partial charge in [-0.1, -0.05) is 25.5 Å². The maximum Gasteiger partial charge on any atom is 0.191 e. The number of unbranched alkanes of at least 4 members (excludes halogenated alkanes) is 1. The van der Waals surface area contributed by atoms with Gasteiger partial charge in [-0.3, -0.25) is 5.43 Å². The van der Waals surface area contributed by atoms with E-state index in [1.165, 1.54) is 0 Å². The Hall–Kier alpha value is -2.60. The molecule has 0 fully saturated rings. The number of hydrogen-bond acceptors (Lipinski definition) is 4. The van der Waals surface area contributed by atoms with Crippen molar-refractivity contribution in [1.29, 1.82) is 0 Å². The number of anilines is 1. The van der Waals surface area contributed by atoms with E-state index in [1.807, 2.05) is 48.5 Å². The number of benzene rings is 2. The van der Waals surface area contributed by atoms with E-state index in [4.69, 9.17) is 21.7 Å². The monoisotopic (exact) mass is 357 g/mol. The van der Waals surface area contributed by atoms with Gasteiger partial charge in [0.25, 0.3) is 0 Å². The van der Waals surface area contributed by atoms with Gasteiger partial charge in [-0.2, -0.15) is 5.10 Å². The third kappa shape index (κ3) is 6.43. The summed E-state index contributed by atoms with van der Waals surface area (Å²) in [7, 11) is 1.62. The minimum absolute atomic E-state index is 0.389. The first-order valence-corrected chi connectivity index (χ1v) is 8.59. The molecule has 2 aromatic carbocycles. The van der Waals surface area contributed by atoms with E-state index < -0.39 is 0 Å². The van der Waals surface area contributed by atoms with Gasteiger partial charge in [0.15, 0.2) is 5.11 Å². The average molecular weight is 357 g/mol. The zero-order valence-electron chi connectivity index (χ0n) is 14.5. The number of hydrazone groups is 1. The number of rotatable bonds is 8. The molecule has 0 bridgehead atoms. The number of ether oxygens (including phenoxy) is 2. The molecule has 0 aliphatic carbocycles. The molecular weight excluding hydrogens is 334 g/mol. The van der Waals surface area contributed by atoms with Gasteiger partial charge in [-0.25, -0.2) is 0 Å². The Labute approximate surface area is 154 Å². The summed E-state index contributed by atoms with van der Waals surface area (Å²) < 4.78 is 10.9. The van der Waals surface area contributed by atoms with Crippen LogP contribution in [0.1, 0.15) is 25.3 Å². The van der Waals surface area contributed by atoms with Gasteiger partial charge in [0.05, 0.1) is 25.6 Å². The largest absolute Gasteiger partial charge is 0.495 e.